The Morgan fingerprint density at radius 2 is 0.676 bits per heavy atom. The van der Waals surface area contributed by atoms with Gasteiger partial charge in [-0.25, -0.2) is 0 Å². The van der Waals surface area contributed by atoms with Crippen LogP contribution in [0.4, 0.5) is 0 Å². The van der Waals surface area contributed by atoms with Gasteiger partial charge in [0.2, 0.25) is 0 Å². The lowest BCUT2D eigenvalue weighted by atomic mass is 9.96. The highest BCUT2D eigenvalue weighted by atomic mass is 14.1. The van der Waals surface area contributed by atoms with Gasteiger partial charge in [-0.3, -0.25) is 0 Å². The molecule has 0 atom stereocenters. The Kier molecular flexibility index (Phi) is 29.1. The van der Waals surface area contributed by atoms with Gasteiger partial charge in [0.25, 0.3) is 0 Å². The van der Waals surface area contributed by atoms with E-state index in [4.69, 9.17) is 0 Å². The molecule has 0 nitrogen and oxygen atoms in total. The summed E-state index contributed by atoms with van der Waals surface area (Å²) >= 11 is 0. The smallest absolute Gasteiger partial charge is 0.0348 e. The normalized spacial score (nSPS) is 12.6. The highest BCUT2D eigenvalue weighted by molar-refractivity contribution is 5.02. The topological polar surface area (TPSA) is 0 Å². The fourth-order valence-corrected chi connectivity index (χ4v) is 4.41. The number of hydrogen-bond donors (Lipinski definition) is 0. The minimum Gasteiger partial charge on any atom is -0.0845 e. The molecular formula is C34H62. The highest BCUT2D eigenvalue weighted by Gasteiger charge is 2.02. The second kappa shape index (κ2) is 30.0. The van der Waals surface area contributed by atoms with Gasteiger partial charge in [-0.2, -0.15) is 0 Å². The van der Waals surface area contributed by atoms with Crippen molar-refractivity contribution in [2.24, 2.45) is 5.92 Å². The second-order valence-electron chi connectivity index (χ2n) is 10.5. The first kappa shape index (κ1) is 33.0. The Labute approximate surface area is 216 Å². The number of hydrogen-bond acceptors (Lipinski definition) is 0. The number of allylic oxidation sites excluding steroid dienone is 8. The summed E-state index contributed by atoms with van der Waals surface area (Å²) in [4.78, 5) is 0. The molecule has 0 unspecified atom stereocenters. The summed E-state index contributed by atoms with van der Waals surface area (Å²) in [5.74, 6) is 0.936. The van der Waals surface area contributed by atoms with Crippen LogP contribution in [0.2, 0.25) is 0 Å². The zero-order chi connectivity index (χ0) is 24.8. The molecule has 0 aromatic heterocycles. The van der Waals surface area contributed by atoms with Crippen LogP contribution in [-0.4, -0.2) is 0 Å². The summed E-state index contributed by atoms with van der Waals surface area (Å²) in [7, 11) is 0. The first-order valence-corrected chi connectivity index (χ1v) is 15.4. The van der Waals surface area contributed by atoms with Crippen LogP contribution in [0.5, 0.6) is 0 Å². The predicted molar refractivity (Wildman–Crippen MR) is 159 cm³/mol. The minimum absolute atomic E-state index is 0.936. The molecule has 0 heterocycles. The maximum atomic E-state index is 2.48. The van der Waals surface area contributed by atoms with Gasteiger partial charge in [0.05, 0.1) is 0 Å². The molecule has 0 rings (SSSR count). The fourth-order valence-electron chi connectivity index (χ4n) is 4.41. The lowest BCUT2D eigenvalue weighted by Crippen LogP contribution is -1.95. The van der Waals surface area contributed by atoms with Crippen LogP contribution in [0, 0.1) is 5.92 Å². The van der Waals surface area contributed by atoms with Gasteiger partial charge in [-0.05, 0) is 44.4 Å². The van der Waals surface area contributed by atoms with Crippen molar-refractivity contribution in [1.82, 2.24) is 0 Å². The monoisotopic (exact) mass is 470 g/mol. The summed E-state index contributed by atoms with van der Waals surface area (Å²) < 4.78 is 0. The van der Waals surface area contributed by atoms with Crippen LogP contribution in [0.1, 0.15) is 162 Å². The summed E-state index contributed by atoms with van der Waals surface area (Å²) in [6, 6.07) is 0. The standard InChI is InChI=1S/C34H62/c1-4-6-8-10-12-14-16-18-20-22-24-26-28-30-32-34(3)33-31-29-27-25-23-21-19-17-15-13-11-9-7-5-2/h10-17,34H,4-9,18-33H2,1-3H3/b12-10+,13-11+,16-14+,17-15+. The molecule has 0 saturated heterocycles. The van der Waals surface area contributed by atoms with E-state index in [9.17, 15) is 0 Å². The van der Waals surface area contributed by atoms with E-state index in [2.05, 4.69) is 69.4 Å². The minimum atomic E-state index is 0.936. The van der Waals surface area contributed by atoms with Crippen LogP contribution < -0.4 is 0 Å². The van der Waals surface area contributed by atoms with Crippen LogP contribution in [0.25, 0.3) is 0 Å². The van der Waals surface area contributed by atoms with E-state index in [1.165, 1.54) is 141 Å². The third kappa shape index (κ3) is 29.0. The third-order valence-electron chi connectivity index (χ3n) is 6.85. The Hall–Kier alpha value is -1.04. The van der Waals surface area contributed by atoms with E-state index in [0.717, 1.165) is 5.92 Å². The van der Waals surface area contributed by atoms with Crippen LogP contribution in [0.3, 0.4) is 0 Å². The SMILES string of the molecule is CCCC/C=C/C=C/CCCCCCCCC(C)CCCCCCCC/C=C/C=C/CCCC. The van der Waals surface area contributed by atoms with Crippen molar-refractivity contribution in [3.8, 4) is 0 Å². The zero-order valence-corrected chi connectivity index (χ0v) is 23.8. The van der Waals surface area contributed by atoms with Gasteiger partial charge in [0.15, 0.2) is 0 Å². The molecule has 0 aromatic rings. The van der Waals surface area contributed by atoms with Gasteiger partial charge in [-0.1, -0.05) is 172 Å². The van der Waals surface area contributed by atoms with Gasteiger partial charge in [0, 0.05) is 0 Å². The molecule has 0 bridgehead atoms. The Morgan fingerprint density at radius 1 is 0.382 bits per heavy atom. The van der Waals surface area contributed by atoms with Crippen molar-refractivity contribution in [2.45, 2.75) is 162 Å². The largest absolute Gasteiger partial charge is 0.0845 e. The number of unbranched alkanes of at least 4 members (excludes halogenated alkanes) is 16. The molecule has 0 saturated carbocycles. The second-order valence-corrected chi connectivity index (χ2v) is 10.5. The maximum absolute atomic E-state index is 2.48. The first-order chi connectivity index (χ1) is 16.8. The molecular weight excluding hydrogens is 408 g/mol. The molecule has 0 N–H and O–H groups in total. The quantitative estimate of drug-likeness (QED) is 0.0870. The molecule has 198 valence electrons. The lowest BCUT2D eigenvalue weighted by Gasteiger charge is -2.11. The van der Waals surface area contributed by atoms with Crippen LogP contribution >= 0.6 is 0 Å². The van der Waals surface area contributed by atoms with Gasteiger partial charge in [0.1, 0.15) is 0 Å². The van der Waals surface area contributed by atoms with E-state index in [0.29, 0.717) is 0 Å². The Bertz CT molecular complexity index is 434. The molecule has 0 aliphatic heterocycles. The summed E-state index contributed by atoms with van der Waals surface area (Å²) in [6.45, 7) is 6.98. The molecule has 0 amide bonds. The lowest BCUT2D eigenvalue weighted by molar-refractivity contribution is 0.431. The van der Waals surface area contributed by atoms with Crippen LogP contribution in [-0.2, 0) is 0 Å². The van der Waals surface area contributed by atoms with Crippen molar-refractivity contribution in [2.75, 3.05) is 0 Å². The molecule has 0 heteroatoms. The average molecular weight is 471 g/mol. The van der Waals surface area contributed by atoms with Crippen molar-refractivity contribution >= 4 is 0 Å². The molecule has 0 spiro atoms. The van der Waals surface area contributed by atoms with E-state index >= 15 is 0 Å². The van der Waals surface area contributed by atoms with E-state index in [-0.39, 0.29) is 0 Å². The number of rotatable bonds is 26. The predicted octanol–water partition coefficient (Wildman–Crippen LogP) is 12.5. The maximum Gasteiger partial charge on any atom is -0.0348 e. The summed E-state index contributed by atoms with van der Waals surface area (Å²) in [6.07, 6.45) is 48.4. The first-order valence-electron chi connectivity index (χ1n) is 15.4. The van der Waals surface area contributed by atoms with Gasteiger partial charge >= 0.3 is 0 Å². The Balaban J connectivity index is 3.29. The van der Waals surface area contributed by atoms with E-state index < -0.39 is 0 Å². The van der Waals surface area contributed by atoms with Gasteiger partial charge < -0.3 is 0 Å². The highest BCUT2D eigenvalue weighted by Crippen LogP contribution is 2.19. The van der Waals surface area contributed by atoms with Crippen molar-refractivity contribution < 1.29 is 0 Å². The fraction of sp³-hybridized carbons (Fsp3) is 0.765. The molecule has 0 aliphatic rings. The van der Waals surface area contributed by atoms with Crippen LogP contribution in [0.15, 0.2) is 48.6 Å². The third-order valence-corrected chi connectivity index (χ3v) is 6.85. The molecule has 34 heavy (non-hydrogen) atoms. The van der Waals surface area contributed by atoms with E-state index in [1.807, 2.05) is 0 Å². The molecule has 0 radical (unpaired) electrons. The molecule has 0 aromatic carbocycles. The zero-order valence-electron chi connectivity index (χ0n) is 23.8. The van der Waals surface area contributed by atoms with E-state index in [1.54, 1.807) is 0 Å². The summed E-state index contributed by atoms with van der Waals surface area (Å²) in [5, 5.41) is 0. The molecule has 0 fully saturated rings. The summed E-state index contributed by atoms with van der Waals surface area (Å²) in [5.41, 5.74) is 0. The van der Waals surface area contributed by atoms with Crippen molar-refractivity contribution in [1.29, 1.82) is 0 Å². The Morgan fingerprint density at radius 3 is 1.03 bits per heavy atom. The van der Waals surface area contributed by atoms with Crippen molar-refractivity contribution in [3.63, 3.8) is 0 Å². The van der Waals surface area contributed by atoms with Crippen molar-refractivity contribution in [3.05, 3.63) is 48.6 Å². The van der Waals surface area contributed by atoms with Gasteiger partial charge in [-0.15, -0.1) is 0 Å². The molecule has 0 aliphatic carbocycles. The average Bonchev–Trinajstić information content (AvgIpc) is 2.84.